The maximum absolute atomic E-state index is 5.94. The quantitative estimate of drug-likeness (QED) is 0.867. The third-order valence-electron chi connectivity index (χ3n) is 3.92. The highest BCUT2D eigenvalue weighted by atomic mass is 32.1. The number of ether oxygens (including phenoxy) is 1. The molecule has 3 heteroatoms. The molecule has 1 fully saturated rings. The van der Waals surface area contributed by atoms with Crippen molar-refractivity contribution in [2.75, 3.05) is 19.7 Å². The van der Waals surface area contributed by atoms with Crippen LogP contribution < -0.4 is 0 Å². The topological polar surface area (TPSA) is 12.5 Å². The lowest BCUT2D eigenvalue weighted by atomic mass is 10.1. The minimum atomic E-state index is 0.129. The molecule has 1 unspecified atom stereocenters. The second-order valence-electron chi connectivity index (χ2n) is 5.49. The molecule has 110 valence electrons. The van der Waals surface area contributed by atoms with Gasteiger partial charge in [-0.15, -0.1) is 0 Å². The molecule has 3 rings (SSSR count). The number of rotatable bonds is 4. The average Bonchev–Trinajstić information content (AvgIpc) is 2.56. The van der Waals surface area contributed by atoms with E-state index < -0.39 is 0 Å². The second-order valence-corrected chi connectivity index (χ2v) is 6.04. The van der Waals surface area contributed by atoms with E-state index in [0.29, 0.717) is 0 Å². The molecule has 21 heavy (non-hydrogen) atoms. The van der Waals surface area contributed by atoms with Gasteiger partial charge >= 0.3 is 0 Å². The van der Waals surface area contributed by atoms with E-state index in [1.165, 1.54) is 11.1 Å². The van der Waals surface area contributed by atoms with Gasteiger partial charge in [-0.25, -0.2) is 0 Å². The SMILES string of the molecule is SC(c1ccccc1)[C@@H]1CN(Cc2ccccc2)CCO1. The zero-order valence-electron chi connectivity index (χ0n) is 12.1. The summed E-state index contributed by atoms with van der Waals surface area (Å²) in [7, 11) is 0. The van der Waals surface area contributed by atoms with Crippen LogP contribution in [0.3, 0.4) is 0 Å². The number of thiol groups is 1. The van der Waals surface area contributed by atoms with Crippen molar-refractivity contribution in [3.05, 3.63) is 71.8 Å². The number of nitrogens with zero attached hydrogens (tertiary/aromatic N) is 1. The van der Waals surface area contributed by atoms with E-state index in [1.807, 2.05) is 6.07 Å². The maximum atomic E-state index is 5.94. The Bertz CT molecular complexity index is 546. The van der Waals surface area contributed by atoms with Gasteiger partial charge in [0.1, 0.15) is 0 Å². The Morgan fingerprint density at radius 2 is 1.71 bits per heavy atom. The number of hydrogen-bond acceptors (Lipinski definition) is 3. The predicted octanol–water partition coefficient (Wildman–Crippen LogP) is 3.56. The number of hydrogen-bond donors (Lipinski definition) is 1. The summed E-state index contributed by atoms with van der Waals surface area (Å²) in [5.74, 6) is 0. The fraction of sp³-hybridized carbons (Fsp3) is 0.333. The largest absolute Gasteiger partial charge is 0.374 e. The van der Waals surface area contributed by atoms with Crippen molar-refractivity contribution in [1.82, 2.24) is 4.90 Å². The molecular formula is C18H21NOS. The molecule has 2 aromatic carbocycles. The molecular weight excluding hydrogens is 278 g/mol. The summed E-state index contributed by atoms with van der Waals surface area (Å²) in [6.07, 6.45) is 0.146. The van der Waals surface area contributed by atoms with E-state index in [1.54, 1.807) is 0 Å². The number of morpholine rings is 1. The van der Waals surface area contributed by atoms with Crippen molar-refractivity contribution in [3.8, 4) is 0 Å². The minimum Gasteiger partial charge on any atom is -0.374 e. The highest BCUT2D eigenvalue weighted by Crippen LogP contribution is 2.28. The first-order chi connectivity index (χ1) is 10.3. The molecule has 2 aromatic rings. The molecule has 0 spiro atoms. The molecule has 0 saturated carbocycles. The van der Waals surface area contributed by atoms with Gasteiger partial charge in [-0.1, -0.05) is 60.7 Å². The molecule has 0 radical (unpaired) electrons. The van der Waals surface area contributed by atoms with Crippen molar-refractivity contribution in [2.24, 2.45) is 0 Å². The molecule has 0 aliphatic carbocycles. The Kier molecular flexibility index (Phi) is 4.96. The van der Waals surface area contributed by atoms with Crippen LogP contribution in [0.5, 0.6) is 0 Å². The molecule has 1 saturated heterocycles. The zero-order chi connectivity index (χ0) is 14.5. The van der Waals surface area contributed by atoms with E-state index >= 15 is 0 Å². The normalized spacial score (nSPS) is 21.1. The first-order valence-corrected chi connectivity index (χ1v) is 7.95. The molecule has 2 nitrogen and oxygen atoms in total. The van der Waals surface area contributed by atoms with Crippen LogP contribution in [-0.2, 0) is 11.3 Å². The van der Waals surface area contributed by atoms with E-state index in [-0.39, 0.29) is 11.4 Å². The third kappa shape index (κ3) is 3.88. The molecule has 2 atom stereocenters. The summed E-state index contributed by atoms with van der Waals surface area (Å²) in [5.41, 5.74) is 2.58. The average molecular weight is 299 g/mol. The van der Waals surface area contributed by atoms with Crippen molar-refractivity contribution in [1.29, 1.82) is 0 Å². The predicted molar refractivity (Wildman–Crippen MR) is 89.6 cm³/mol. The summed E-state index contributed by atoms with van der Waals surface area (Å²) in [4.78, 5) is 2.45. The Morgan fingerprint density at radius 3 is 2.43 bits per heavy atom. The van der Waals surface area contributed by atoms with Crippen molar-refractivity contribution < 1.29 is 4.74 Å². The third-order valence-corrected chi connectivity index (χ3v) is 4.55. The minimum absolute atomic E-state index is 0.129. The Morgan fingerprint density at radius 1 is 1.05 bits per heavy atom. The highest BCUT2D eigenvalue weighted by molar-refractivity contribution is 7.80. The molecule has 0 N–H and O–H groups in total. The van der Waals surface area contributed by atoms with Gasteiger partial charge in [0.25, 0.3) is 0 Å². The molecule has 0 bridgehead atoms. The monoisotopic (exact) mass is 299 g/mol. The fourth-order valence-corrected chi connectivity index (χ4v) is 3.13. The van der Waals surface area contributed by atoms with Gasteiger partial charge in [-0.05, 0) is 11.1 Å². The highest BCUT2D eigenvalue weighted by Gasteiger charge is 2.26. The van der Waals surface area contributed by atoms with Crippen molar-refractivity contribution in [3.63, 3.8) is 0 Å². The lowest BCUT2D eigenvalue weighted by molar-refractivity contribution is -0.0317. The smallest absolute Gasteiger partial charge is 0.0859 e. The van der Waals surface area contributed by atoms with Crippen LogP contribution >= 0.6 is 12.6 Å². The van der Waals surface area contributed by atoms with E-state index in [9.17, 15) is 0 Å². The van der Waals surface area contributed by atoms with Crippen molar-refractivity contribution in [2.45, 2.75) is 17.9 Å². The van der Waals surface area contributed by atoms with Crippen LogP contribution in [0.25, 0.3) is 0 Å². The lowest BCUT2D eigenvalue weighted by Gasteiger charge is -2.35. The summed E-state index contributed by atoms with van der Waals surface area (Å²) in [5, 5.41) is 0.129. The van der Waals surface area contributed by atoms with Crippen LogP contribution in [0, 0.1) is 0 Å². The molecule has 0 amide bonds. The van der Waals surface area contributed by atoms with Crippen LogP contribution in [-0.4, -0.2) is 30.7 Å². The van der Waals surface area contributed by atoms with E-state index in [4.69, 9.17) is 17.4 Å². The second kappa shape index (κ2) is 7.12. The van der Waals surface area contributed by atoms with E-state index in [2.05, 4.69) is 59.5 Å². The summed E-state index contributed by atoms with van der Waals surface area (Å²) in [6.45, 7) is 3.68. The van der Waals surface area contributed by atoms with Gasteiger partial charge in [0, 0.05) is 19.6 Å². The lowest BCUT2D eigenvalue weighted by Crippen LogP contribution is -2.43. The summed E-state index contributed by atoms with van der Waals surface area (Å²) in [6, 6.07) is 21.0. The van der Waals surface area contributed by atoms with Gasteiger partial charge in [-0.3, -0.25) is 4.90 Å². The Balaban J connectivity index is 1.63. The fourth-order valence-electron chi connectivity index (χ4n) is 2.77. The van der Waals surface area contributed by atoms with Crippen LogP contribution in [0.2, 0.25) is 0 Å². The van der Waals surface area contributed by atoms with E-state index in [0.717, 1.165) is 26.2 Å². The standard InChI is InChI=1S/C18H21NOS/c21-18(16-9-5-2-6-10-16)17-14-19(11-12-20-17)13-15-7-3-1-4-8-15/h1-10,17-18,21H,11-14H2/t17-,18?/m0/s1. The maximum Gasteiger partial charge on any atom is 0.0859 e. The first kappa shape index (κ1) is 14.6. The van der Waals surface area contributed by atoms with Crippen LogP contribution in [0.15, 0.2) is 60.7 Å². The van der Waals surface area contributed by atoms with Crippen molar-refractivity contribution >= 4 is 12.6 Å². The summed E-state index contributed by atoms with van der Waals surface area (Å²) >= 11 is 4.78. The number of benzene rings is 2. The van der Waals surface area contributed by atoms with Gasteiger partial charge in [0.15, 0.2) is 0 Å². The van der Waals surface area contributed by atoms with Gasteiger partial charge in [0.05, 0.1) is 18.0 Å². The van der Waals surface area contributed by atoms with Gasteiger partial charge < -0.3 is 4.74 Å². The first-order valence-electron chi connectivity index (χ1n) is 7.44. The zero-order valence-corrected chi connectivity index (χ0v) is 13.0. The summed E-state index contributed by atoms with van der Waals surface area (Å²) < 4.78 is 5.94. The Labute approximate surface area is 132 Å². The van der Waals surface area contributed by atoms with Crippen LogP contribution in [0.1, 0.15) is 16.4 Å². The molecule has 1 heterocycles. The Hall–Kier alpha value is -1.29. The van der Waals surface area contributed by atoms with Gasteiger partial charge in [-0.2, -0.15) is 12.6 Å². The molecule has 1 aliphatic rings. The molecule has 1 aliphatic heterocycles. The van der Waals surface area contributed by atoms with Gasteiger partial charge in [0.2, 0.25) is 0 Å². The molecule has 0 aromatic heterocycles. The van der Waals surface area contributed by atoms with Crippen LogP contribution in [0.4, 0.5) is 0 Å².